The van der Waals surface area contributed by atoms with Gasteiger partial charge in [0.1, 0.15) is 5.78 Å². The first-order valence-electron chi connectivity index (χ1n) is 11.0. The zero-order valence-corrected chi connectivity index (χ0v) is 17.2. The molecule has 1 N–H and O–H groups in total. The fourth-order valence-corrected chi connectivity index (χ4v) is 6.79. The molecule has 5 heteroatoms. The predicted octanol–water partition coefficient (Wildman–Crippen LogP) is 4.28. The van der Waals surface area contributed by atoms with Crippen LogP contribution in [0.3, 0.4) is 0 Å². The lowest BCUT2D eigenvalue weighted by molar-refractivity contribution is -0.145. The molecule has 1 amide bonds. The van der Waals surface area contributed by atoms with Crippen LogP contribution in [0.4, 0.5) is 5.69 Å². The van der Waals surface area contributed by atoms with E-state index in [0.29, 0.717) is 24.3 Å². The van der Waals surface area contributed by atoms with Gasteiger partial charge in [-0.15, -0.1) is 0 Å². The predicted molar refractivity (Wildman–Crippen MR) is 113 cm³/mol. The summed E-state index contributed by atoms with van der Waals surface area (Å²) in [4.78, 5) is 29.5. The van der Waals surface area contributed by atoms with E-state index in [1.54, 1.807) is 12.4 Å². The Morgan fingerprint density at radius 2 is 2.17 bits per heavy atom. The first-order chi connectivity index (χ1) is 14.5. The van der Waals surface area contributed by atoms with Crippen molar-refractivity contribution in [3.63, 3.8) is 0 Å². The van der Waals surface area contributed by atoms with Crippen LogP contribution in [0, 0.1) is 11.3 Å². The number of hydrogen-bond acceptors (Lipinski definition) is 4. The number of ether oxygens (including phenoxy) is 1. The van der Waals surface area contributed by atoms with E-state index in [1.807, 2.05) is 12.1 Å². The van der Waals surface area contributed by atoms with Gasteiger partial charge in [0.05, 0.1) is 23.1 Å². The smallest absolute Gasteiger partial charge is 0.251 e. The minimum Gasteiger partial charge on any atom is -0.359 e. The second-order valence-corrected chi connectivity index (χ2v) is 9.75. The lowest BCUT2D eigenvalue weighted by Crippen LogP contribution is -2.54. The number of rotatable bonds is 2. The van der Waals surface area contributed by atoms with Gasteiger partial charge < -0.3 is 10.1 Å². The summed E-state index contributed by atoms with van der Waals surface area (Å²) in [6.45, 7) is 2.21. The number of fused-ring (bicyclic) bond motifs is 1. The molecule has 1 unspecified atom stereocenters. The lowest BCUT2D eigenvalue weighted by atomic mass is 9.59. The average molecular weight is 402 g/mol. The number of pyridine rings is 1. The Morgan fingerprint density at radius 1 is 1.27 bits per heavy atom. The van der Waals surface area contributed by atoms with Crippen LogP contribution < -0.4 is 5.32 Å². The van der Waals surface area contributed by atoms with Crippen molar-refractivity contribution in [2.75, 3.05) is 5.32 Å². The van der Waals surface area contributed by atoms with Gasteiger partial charge in [0.2, 0.25) is 0 Å². The Hall–Kier alpha value is -2.53. The van der Waals surface area contributed by atoms with E-state index in [9.17, 15) is 9.59 Å². The number of nitrogens with one attached hydrogen (secondary N) is 1. The molecule has 5 nitrogen and oxygen atoms in total. The van der Waals surface area contributed by atoms with E-state index in [0.717, 1.165) is 37.7 Å². The van der Waals surface area contributed by atoms with Gasteiger partial charge >= 0.3 is 0 Å². The molecule has 1 aromatic heterocycles. The van der Waals surface area contributed by atoms with Crippen molar-refractivity contribution in [3.05, 3.63) is 59.5 Å². The highest BCUT2D eigenvalue weighted by molar-refractivity contribution is 6.05. The Labute approximate surface area is 176 Å². The SMILES string of the molecule is CC12CC=C3C=C4CCC(=O)C[C@]45CC[C@]3(O5)[C@@H]1CC=C2C(=O)Nc1cccnc1. The van der Waals surface area contributed by atoms with Gasteiger partial charge in [-0.1, -0.05) is 25.2 Å². The molecule has 2 aliphatic heterocycles. The first kappa shape index (κ1) is 18.3. The third-order valence-corrected chi connectivity index (χ3v) is 8.25. The van der Waals surface area contributed by atoms with Crippen LogP contribution >= 0.6 is 0 Å². The quantitative estimate of drug-likeness (QED) is 0.802. The van der Waals surface area contributed by atoms with Crippen molar-refractivity contribution in [2.24, 2.45) is 11.3 Å². The van der Waals surface area contributed by atoms with Crippen molar-refractivity contribution < 1.29 is 14.3 Å². The molecule has 1 saturated carbocycles. The van der Waals surface area contributed by atoms with Gasteiger partial charge in [-0.3, -0.25) is 14.6 Å². The Kier molecular flexibility index (Phi) is 3.65. The van der Waals surface area contributed by atoms with E-state index in [1.165, 1.54) is 11.1 Å². The van der Waals surface area contributed by atoms with Crippen LogP contribution in [0.2, 0.25) is 0 Å². The summed E-state index contributed by atoms with van der Waals surface area (Å²) in [5, 5.41) is 3.02. The summed E-state index contributed by atoms with van der Waals surface area (Å²) >= 11 is 0. The Morgan fingerprint density at radius 3 is 3.00 bits per heavy atom. The van der Waals surface area contributed by atoms with Crippen molar-refractivity contribution >= 4 is 17.4 Å². The number of aromatic nitrogens is 1. The number of ketones is 1. The standard InChI is InChI=1S/C25H26N2O3/c1-23-9-8-17-13-16-4-5-19(28)14-24(16)10-11-25(17,30-24)21(23)7-6-20(23)22(29)27-18-3-2-12-26-15-18/h2-3,6,8,12-13,15,21H,4-5,7,9-11,14H2,1H3,(H,27,29)/t21-,23?,24-,25-/m1/s1. The van der Waals surface area contributed by atoms with Crippen LogP contribution in [0.15, 0.2) is 59.5 Å². The number of Topliss-reactive ketones (excluding diaryl/α,β-unsaturated/α-hetero) is 1. The normalized spacial score (nSPS) is 38.6. The van der Waals surface area contributed by atoms with Crippen LogP contribution in [-0.2, 0) is 14.3 Å². The van der Waals surface area contributed by atoms with E-state index in [-0.39, 0.29) is 22.8 Å². The minimum atomic E-state index is -0.397. The number of hydrogen-bond donors (Lipinski definition) is 1. The molecule has 2 spiro atoms. The number of nitrogens with zero attached hydrogens (tertiary/aromatic N) is 1. The number of amides is 1. The molecule has 5 aliphatic rings. The van der Waals surface area contributed by atoms with Crippen molar-refractivity contribution in [1.29, 1.82) is 0 Å². The van der Waals surface area contributed by atoms with Crippen LogP contribution in [-0.4, -0.2) is 27.9 Å². The molecule has 2 fully saturated rings. The number of carbonyl (C=O) groups excluding carboxylic acids is 2. The summed E-state index contributed by atoms with van der Waals surface area (Å²) in [5.74, 6) is 0.485. The van der Waals surface area contributed by atoms with Gasteiger partial charge in [0.15, 0.2) is 0 Å². The monoisotopic (exact) mass is 402 g/mol. The fourth-order valence-electron chi connectivity index (χ4n) is 6.79. The van der Waals surface area contributed by atoms with Gasteiger partial charge in [0, 0.05) is 35.9 Å². The molecule has 3 heterocycles. The Bertz CT molecular complexity index is 1060. The molecule has 0 aromatic carbocycles. The first-order valence-corrected chi connectivity index (χ1v) is 11.0. The summed E-state index contributed by atoms with van der Waals surface area (Å²) in [6.07, 6.45) is 15.6. The van der Waals surface area contributed by atoms with Crippen molar-refractivity contribution in [1.82, 2.24) is 4.98 Å². The third kappa shape index (κ3) is 2.30. The number of allylic oxidation sites excluding steroid dienone is 2. The maximum absolute atomic E-state index is 13.2. The van der Waals surface area contributed by atoms with Gasteiger partial charge in [-0.05, 0) is 55.4 Å². The highest BCUT2D eigenvalue weighted by Gasteiger charge is 2.65. The zero-order chi connectivity index (χ0) is 20.6. The second kappa shape index (κ2) is 6.01. The molecule has 2 bridgehead atoms. The molecule has 154 valence electrons. The van der Waals surface area contributed by atoms with Crippen LogP contribution in [0.1, 0.15) is 51.9 Å². The molecule has 3 aliphatic carbocycles. The molecule has 6 rings (SSSR count). The topological polar surface area (TPSA) is 68.3 Å². The maximum Gasteiger partial charge on any atom is 0.251 e. The molecule has 30 heavy (non-hydrogen) atoms. The van der Waals surface area contributed by atoms with Crippen molar-refractivity contribution in [2.45, 2.75) is 63.1 Å². The second-order valence-electron chi connectivity index (χ2n) is 9.75. The lowest BCUT2D eigenvalue weighted by Gasteiger charge is -2.53. The van der Waals surface area contributed by atoms with E-state index < -0.39 is 5.60 Å². The Balaban J connectivity index is 1.35. The zero-order valence-electron chi connectivity index (χ0n) is 17.2. The molecule has 0 radical (unpaired) electrons. The van der Waals surface area contributed by atoms with Gasteiger partial charge in [-0.25, -0.2) is 0 Å². The van der Waals surface area contributed by atoms with E-state index in [2.05, 4.69) is 35.5 Å². The van der Waals surface area contributed by atoms with Crippen molar-refractivity contribution in [3.8, 4) is 0 Å². The van der Waals surface area contributed by atoms with Gasteiger partial charge in [0.25, 0.3) is 5.91 Å². The average Bonchev–Trinajstić information content (AvgIpc) is 3.24. The van der Waals surface area contributed by atoms with Crippen LogP contribution in [0.25, 0.3) is 0 Å². The van der Waals surface area contributed by atoms with E-state index in [4.69, 9.17) is 4.74 Å². The summed E-state index contributed by atoms with van der Waals surface area (Å²) in [5.41, 5.74) is 3.11. The molecule has 1 aromatic rings. The summed E-state index contributed by atoms with van der Waals surface area (Å²) in [6, 6.07) is 3.68. The fraction of sp³-hybridized carbons (Fsp3) is 0.480. The molecular weight excluding hydrogens is 376 g/mol. The molecule has 4 atom stereocenters. The minimum absolute atomic E-state index is 0.0474. The van der Waals surface area contributed by atoms with Gasteiger partial charge in [-0.2, -0.15) is 0 Å². The number of anilines is 1. The highest BCUT2D eigenvalue weighted by atomic mass is 16.5. The molecular formula is C25H26N2O3. The van der Waals surface area contributed by atoms with E-state index >= 15 is 0 Å². The number of carbonyl (C=O) groups is 2. The largest absolute Gasteiger partial charge is 0.359 e. The highest BCUT2D eigenvalue weighted by Crippen LogP contribution is 2.66. The summed E-state index contributed by atoms with van der Waals surface area (Å²) in [7, 11) is 0. The third-order valence-electron chi connectivity index (χ3n) is 8.25. The maximum atomic E-state index is 13.2. The molecule has 1 saturated heterocycles. The van der Waals surface area contributed by atoms with Crippen LogP contribution in [0.5, 0.6) is 0 Å². The summed E-state index contributed by atoms with van der Waals surface area (Å²) < 4.78 is 6.94.